The maximum atomic E-state index is 12.6. The Bertz CT molecular complexity index is 729. The van der Waals surface area contributed by atoms with E-state index in [1.807, 2.05) is 0 Å². The molecule has 1 aromatic rings. The van der Waals surface area contributed by atoms with Gasteiger partial charge in [-0.1, -0.05) is 11.6 Å². The lowest BCUT2D eigenvalue weighted by Gasteiger charge is -2.17. The van der Waals surface area contributed by atoms with Crippen LogP contribution in [0.4, 0.5) is 0 Å². The molecule has 0 bridgehead atoms. The van der Waals surface area contributed by atoms with Gasteiger partial charge < -0.3 is 10.1 Å². The van der Waals surface area contributed by atoms with Gasteiger partial charge in [0.2, 0.25) is 10.0 Å². The Morgan fingerprint density at radius 1 is 1.29 bits per heavy atom. The summed E-state index contributed by atoms with van der Waals surface area (Å²) in [6, 6.07) is 3.90. The van der Waals surface area contributed by atoms with Crippen molar-refractivity contribution in [1.82, 2.24) is 9.62 Å². The van der Waals surface area contributed by atoms with Crippen molar-refractivity contribution >= 4 is 33.5 Å². The molecule has 1 aliphatic heterocycles. The molecule has 132 valence electrons. The quantitative estimate of drug-likeness (QED) is 0.760. The molecule has 1 aliphatic rings. The smallest absolute Gasteiger partial charge is 0.338 e. The van der Waals surface area contributed by atoms with Crippen molar-refractivity contribution in [3.8, 4) is 0 Å². The summed E-state index contributed by atoms with van der Waals surface area (Å²) in [5.74, 6) is -1.21. The number of hydrogen-bond acceptors (Lipinski definition) is 5. The average Bonchev–Trinajstić information content (AvgIpc) is 3.08. The number of likely N-dealkylation sites (N-methyl/N-ethyl adjacent to an activating group) is 1. The second-order valence-corrected chi connectivity index (χ2v) is 7.60. The zero-order chi connectivity index (χ0) is 17.7. The third-order valence-electron chi connectivity index (χ3n) is 3.56. The van der Waals surface area contributed by atoms with Gasteiger partial charge in [-0.15, -0.1) is 0 Å². The molecule has 0 atom stereocenters. The van der Waals surface area contributed by atoms with Crippen LogP contribution in [-0.2, 0) is 19.6 Å². The van der Waals surface area contributed by atoms with Crippen LogP contribution in [-0.4, -0.2) is 50.8 Å². The highest BCUT2D eigenvalue weighted by Crippen LogP contribution is 2.28. The van der Waals surface area contributed by atoms with Crippen LogP contribution in [0.1, 0.15) is 30.1 Å². The second kappa shape index (κ2) is 7.96. The van der Waals surface area contributed by atoms with Crippen LogP contribution in [0.15, 0.2) is 23.1 Å². The first-order valence-electron chi connectivity index (χ1n) is 7.59. The van der Waals surface area contributed by atoms with Gasteiger partial charge in [0.1, 0.15) is 4.90 Å². The van der Waals surface area contributed by atoms with Gasteiger partial charge in [-0.25, -0.2) is 13.2 Å². The third-order valence-corrected chi connectivity index (χ3v) is 5.94. The Hall–Kier alpha value is -1.64. The molecule has 1 fully saturated rings. The Labute approximate surface area is 146 Å². The first-order valence-corrected chi connectivity index (χ1v) is 9.41. The summed E-state index contributed by atoms with van der Waals surface area (Å²) in [5, 5.41) is 2.54. The summed E-state index contributed by atoms with van der Waals surface area (Å²) in [6.07, 6.45) is 1.59. The third kappa shape index (κ3) is 4.25. The zero-order valence-corrected chi connectivity index (χ0v) is 14.8. The van der Waals surface area contributed by atoms with Crippen molar-refractivity contribution in [3.05, 3.63) is 28.8 Å². The Morgan fingerprint density at radius 3 is 2.58 bits per heavy atom. The van der Waals surface area contributed by atoms with Crippen molar-refractivity contribution in [3.63, 3.8) is 0 Å². The minimum Gasteiger partial charge on any atom is -0.452 e. The summed E-state index contributed by atoms with van der Waals surface area (Å²) in [7, 11) is -3.75. The van der Waals surface area contributed by atoms with E-state index in [0.717, 1.165) is 12.8 Å². The van der Waals surface area contributed by atoms with Crippen LogP contribution in [0.5, 0.6) is 0 Å². The number of rotatable bonds is 6. The van der Waals surface area contributed by atoms with Gasteiger partial charge in [0.05, 0.1) is 10.6 Å². The molecule has 7 nitrogen and oxygen atoms in total. The zero-order valence-electron chi connectivity index (χ0n) is 13.2. The maximum absolute atomic E-state index is 12.6. The monoisotopic (exact) mass is 374 g/mol. The fourth-order valence-corrected chi connectivity index (χ4v) is 4.38. The summed E-state index contributed by atoms with van der Waals surface area (Å²) in [5.41, 5.74) is 0.0291. The SMILES string of the molecule is CCNC(=O)COC(=O)c1ccc(Cl)c(S(=O)(=O)N2CCCC2)c1. The molecule has 9 heteroatoms. The lowest BCUT2D eigenvalue weighted by atomic mass is 10.2. The average molecular weight is 375 g/mol. The van der Waals surface area contributed by atoms with Crippen molar-refractivity contribution < 1.29 is 22.7 Å². The first kappa shape index (κ1) is 18.7. The number of carbonyl (C=O) groups is 2. The number of nitrogens with zero attached hydrogens (tertiary/aromatic N) is 1. The normalized spacial score (nSPS) is 15.2. The van der Waals surface area contributed by atoms with Crippen LogP contribution in [0.3, 0.4) is 0 Å². The lowest BCUT2D eigenvalue weighted by molar-refractivity contribution is -0.124. The minimum absolute atomic E-state index is 0.0291. The summed E-state index contributed by atoms with van der Waals surface area (Å²) in [4.78, 5) is 23.2. The number of halogens is 1. The molecule has 1 N–H and O–H groups in total. The molecule has 0 aliphatic carbocycles. The van der Waals surface area contributed by atoms with Crippen molar-refractivity contribution in [2.24, 2.45) is 0 Å². The lowest BCUT2D eigenvalue weighted by Crippen LogP contribution is -2.29. The molecule has 0 unspecified atom stereocenters. The number of carbonyl (C=O) groups excluding carboxylic acids is 2. The fourth-order valence-electron chi connectivity index (χ4n) is 2.36. The van der Waals surface area contributed by atoms with Gasteiger partial charge in [-0.3, -0.25) is 4.79 Å². The number of ether oxygens (including phenoxy) is 1. The second-order valence-electron chi connectivity index (χ2n) is 5.29. The van der Waals surface area contributed by atoms with E-state index in [-0.39, 0.29) is 15.5 Å². The van der Waals surface area contributed by atoms with Gasteiger partial charge in [0.25, 0.3) is 5.91 Å². The molecular weight excluding hydrogens is 356 g/mol. The van der Waals surface area contributed by atoms with Crippen molar-refractivity contribution in [2.45, 2.75) is 24.7 Å². The number of nitrogens with one attached hydrogen (secondary N) is 1. The van der Waals surface area contributed by atoms with E-state index in [1.54, 1.807) is 6.92 Å². The van der Waals surface area contributed by atoms with Gasteiger partial charge in [0.15, 0.2) is 6.61 Å². The summed E-state index contributed by atoms with van der Waals surface area (Å²) < 4.78 is 31.4. The largest absolute Gasteiger partial charge is 0.452 e. The van der Waals surface area contributed by atoms with Crippen LogP contribution < -0.4 is 5.32 Å². The molecule has 0 spiro atoms. The number of hydrogen-bond donors (Lipinski definition) is 1. The highest BCUT2D eigenvalue weighted by molar-refractivity contribution is 7.89. The number of benzene rings is 1. The van der Waals surface area contributed by atoms with E-state index in [9.17, 15) is 18.0 Å². The Morgan fingerprint density at radius 2 is 1.96 bits per heavy atom. The van der Waals surface area contributed by atoms with E-state index in [0.29, 0.717) is 19.6 Å². The predicted molar refractivity (Wildman–Crippen MR) is 88.4 cm³/mol. The molecule has 1 aromatic carbocycles. The molecule has 0 saturated carbocycles. The van der Waals surface area contributed by atoms with E-state index in [2.05, 4.69) is 5.32 Å². The van der Waals surface area contributed by atoms with Gasteiger partial charge in [-0.05, 0) is 38.0 Å². The van der Waals surface area contributed by atoms with E-state index < -0.39 is 28.5 Å². The molecule has 0 aromatic heterocycles. The van der Waals surface area contributed by atoms with Gasteiger partial charge >= 0.3 is 5.97 Å². The maximum Gasteiger partial charge on any atom is 0.338 e. The van der Waals surface area contributed by atoms with Crippen LogP contribution in [0, 0.1) is 0 Å². The first-order chi connectivity index (χ1) is 11.4. The Balaban J connectivity index is 2.19. The van der Waals surface area contributed by atoms with Crippen LogP contribution in [0.25, 0.3) is 0 Å². The number of sulfonamides is 1. The van der Waals surface area contributed by atoms with Crippen molar-refractivity contribution in [2.75, 3.05) is 26.2 Å². The summed E-state index contributed by atoms with van der Waals surface area (Å²) >= 11 is 6.01. The van der Waals surface area contributed by atoms with Crippen LogP contribution >= 0.6 is 11.6 Å². The Kier molecular flexibility index (Phi) is 6.20. The molecule has 1 saturated heterocycles. The molecular formula is C15H19ClN2O5S. The van der Waals surface area contributed by atoms with Gasteiger partial charge in [0, 0.05) is 19.6 Å². The number of amides is 1. The molecule has 1 amide bonds. The minimum atomic E-state index is -3.75. The number of esters is 1. The molecule has 1 heterocycles. The van der Waals surface area contributed by atoms with E-state index in [4.69, 9.17) is 16.3 Å². The molecule has 24 heavy (non-hydrogen) atoms. The summed E-state index contributed by atoms with van der Waals surface area (Å²) in [6.45, 7) is 2.61. The molecule has 0 radical (unpaired) electrons. The molecule has 2 rings (SSSR count). The standard InChI is InChI=1S/C15H19ClN2O5S/c1-2-17-14(19)10-23-15(20)11-5-6-12(16)13(9-11)24(21,22)18-7-3-4-8-18/h5-6,9H,2-4,7-8,10H2,1H3,(H,17,19). The predicted octanol–water partition coefficient (Wildman–Crippen LogP) is 1.42. The topological polar surface area (TPSA) is 92.8 Å². The van der Waals surface area contributed by atoms with Crippen LogP contribution in [0.2, 0.25) is 5.02 Å². The highest BCUT2D eigenvalue weighted by Gasteiger charge is 2.30. The van der Waals surface area contributed by atoms with Crippen molar-refractivity contribution in [1.29, 1.82) is 0 Å². The van der Waals surface area contributed by atoms with E-state index >= 15 is 0 Å². The fraction of sp³-hybridized carbons (Fsp3) is 0.467. The van der Waals surface area contributed by atoms with E-state index in [1.165, 1.54) is 22.5 Å². The highest BCUT2D eigenvalue weighted by atomic mass is 35.5. The van der Waals surface area contributed by atoms with Gasteiger partial charge in [-0.2, -0.15) is 4.31 Å².